The van der Waals surface area contributed by atoms with Gasteiger partial charge in [-0.1, -0.05) is 0 Å². The zero-order valence-corrected chi connectivity index (χ0v) is 9.24. The normalized spacial score (nSPS) is 11.7. The van der Waals surface area contributed by atoms with E-state index >= 15 is 0 Å². The van der Waals surface area contributed by atoms with Crippen molar-refractivity contribution in [2.45, 2.75) is 27.2 Å². The average molecular weight is 216 g/mol. The molecule has 0 aromatic carbocycles. The molecule has 0 aliphatic rings. The van der Waals surface area contributed by atoms with Gasteiger partial charge in [-0.2, -0.15) is 0 Å². The number of ether oxygens (including phenoxy) is 2. The lowest BCUT2D eigenvalue weighted by molar-refractivity contribution is -0.152. The van der Waals surface area contributed by atoms with Crippen molar-refractivity contribution in [3.05, 3.63) is 0 Å². The molecule has 5 heteroatoms. The van der Waals surface area contributed by atoms with Crippen LogP contribution in [-0.2, 0) is 23.9 Å². The fraction of sp³-hybridized carbons (Fsp3) is 0.700. The number of rotatable bonds is 6. The van der Waals surface area contributed by atoms with Crippen LogP contribution in [0.4, 0.5) is 0 Å². The molecule has 1 atom stereocenters. The summed E-state index contributed by atoms with van der Waals surface area (Å²) in [5.74, 6) is -2.60. The fourth-order valence-corrected chi connectivity index (χ4v) is 0.906. The molecule has 0 aromatic rings. The lowest BCUT2D eigenvalue weighted by Gasteiger charge is -2.08. The van der Waals surface area contributed by atoms with Crippen molar-refractivity contribution >= 4 is 17.7 Å². The van der Waals surface area contributed by atoms with Gasteiger partial charge < -0.3 is 9.47 Å². The van der Waals surface area contributed by atoms with Gasteiger partial charge in [0.15, 0.2) is 5.78 Å². The SMILES string of the molecule is CCOC(=O)CC(=O)[C@H](C)C(=O)OCC. The van der Waals surface area contributed by atoms with Gasteiger partial charge in [-0.3, -0.25) is 14.4 Å². The van der Waals surface area contributed by atoms with Gasteiger partial charge in [0.05, 0.1) is 13.2 Å². The molecule has 0 rings (SSSR count). The smallest absolute Gasteiger partial charge is 0.316 e. The van der Waals surface area contributed by atoms with E-state index in [-0.39, 0.29) is 19.6 Å². The van der Waals surface area contributed by atoms with Crippen LogP contribution in [-0.4, -0.2) is 30.9 Å². The van der Waals surface area contributed by atoms with Gasteiger partial charge >= 0.3 is 11.9 Å². The molecule has 0 saturated carbocycles. The minimum Gasteiger partial charge on any atom is -0.466 e. The summed E-state index contributed by atoms with van der Waals surface area (Å²) in [4.78, 5) is 33.4. The molecule has 0 fully saturated rings. The van der Waals surface area contributed by atoms with E-state index in [1.807, 2.05) is 0 Å². The second-order valence-corrected chi connectivity index (χ2v) is 2.92. The summed E-state index contributed by atoms with van der Waals surface area (Å²) in [7, 11) is 0. The average Bonchev–Trinajstić information content (AvgIpc) is 2.17. The first-order valence-electron chi connectivity index (χ1n) is 4.87. The summed E-state index contributed by atoms with van der Waals surface area (Å²) in [6, 6.07) is 0. The topological polar surface area (TPSA) is 69.7 Å². The van der Waals surface area contributed by atoms with Gasteiger partial charge in [0.2, 0.25) is 0 Å². The second-order valence-electron chi connectivity index (χ2n) is 2.92. The quantitative estimate of drug-likeness (QED) is 0.483. The van der Waals surface area contributed by atoms with Crippen molar-refractivity contribution in [1.82, 2.24) is 0 Å². The van der Waals surface area contributed by atoms with Crippen molar-refractivity contribution in [3.8, 4) is 0 Å². The number of hydrogen-bond acceptors (Lipinski definition) is 5. The first-order chi connectivity index (χ1) is 7.02. The van der Waals surface area contributed by atoms with E-state index in [2.05, 4.69) is 9.47 Å². The highest BCUT2D eigenvalue weighted by Gasteiger charge is 2.24. The largest absolute Gasteiger partial charge is 0.466 e. The van der Waals surface area contributed by atoms with Crippen LogP contribution in [0.2, 0.25) is 0 Å². The molecule has 15 heavy (non-hydrogen) atoms. The van der Waals surface area contributed by atoms with E-state index in [9.17, 15) is 14.4 Å². The third-order valence-corrected chi connectivity index (χ3v) is 1.75. The molecule has 0 bridgehead atoms. The van der Waals surface area contributed by atoms with Crippen LogP contribution in [0, 0.1) is 5.92 Å². The van der Waals surface area contributed by atoms with Gasteiger partial charge in [0.1, 0.15) is 12.3 Å². The van der Waals surface area contributed by atoms with Crippen LogP contribution in [0.15, 0.2) is 0 Å². The summed E-state index contributed by atoms with van der Waals surface area (Å²) < 4.78 is 9.24. The van der Waals surface area contributed by atoms with Crippen molar-refractivity contribution in [2.75, 3.05) is 13.2 Å². The molecule has 86 valence electrons. The van der Waals surface area contributed by atoms with Gasteiger partial charge in [-0.05, 0) is 20.8 Å². The van der Waals surface area contributed by atoms with E-state index in [1.165, 1.54) is 6.92 Å². The maximum absolute atomic E-state index is 11.3. The van der Waals surface area contributed by atoms with Crippen molar-refractivity contribution in [3.63, 3.8) is 0 Å². The Kier molecular flexibility index (Phi) is 6.33. The Morgan fingerprint density at radius 2 is 1.60 bits per heavy atom. The minimum absolute atomic E-state index is 0.218. The van der Waals surface area contributed by atoms with E-state index in [1.54, 1.807) is 13.8 Å². The van der Waals surface area contributed by atoms with Crippen LogP contribution in [0.5, 0.6) is 0 Å². The van der Waals surface area contributed by atoms with Crippen LogP contribution in [0.1, 0.15) is 27.2 Å². The summed E-state index contributed by atoms with van der Waals surface area (Å²) in [6.45, 7) is 5.16. The van der Waals surface area contributed by atoms with Gasteiger partial charge in [-0.25, -0.2) is 0 Å². The second kappa shape index (κ2) is 6.98. The van der Waals surface area contributed by atoms with E-state index < -0.39 is 23.6 Å². The Morgan fingerprint density at radius 1 is 1.07 bits per heavy atom. The highest BCUT2D eigenvalue weighted by atomic mass is 16.5. The molecule has 5 nitrogen and oxygen atoms in total. The maximum atomic E-state index is 11.3. The van der Waals surface area contributed by atoms with Crippen molar-refractivity contribution < 1.29 is 23.9 Å². The highest BCUT2D eigenvalue weighted by Crippen LogP contribution is 2.04. The lowest BCUT2D eigenvalue weighted by atomic mass is 10.0. The van der Waals surface area contributed by atoms with E-state index in [0.29, 0.717) is 0 Å². The molecular formula is C10H16O5. The van der Waals surface area contributed by atoms with Gasteiger partial charge in [-0.15, -0.1) is 0 Å². The zero-order valence-electron chi connectivity index (χ0n) is 9.24. The monoisotopic (exact) mass is 216 g/mol. The van der Waals surface area contributed by atoms with Gasteiger partial charge in [0, 0.05) is 0 Å². The Morgan fingerprint density at radius 3 is 2.07 bits per heavy atom. The lowest BCUT2D eigenvalue weighted by Crippen LogP contribution is -2.25. The molecule has 0 heterocycles. The van der Waals surface area contributed by atoms with Crippen LogP contribution >= 0.6 is 0 Å². The molecule has 0 aliphatic heterocycles. The molecule has 0 saturated heterocycles. The number of Topliss-reactive ketones (excluding diaryl/α,β-unsaturated/α-hetero) is 1. The molecular weight excluding hydrogens is 200 g/mol. The Bertz CT molecular complexity index is 246. The number of esters is 2. The number of carbonyl (C=O) groups is 3. The molecule has 0 spiro atoms. The van der Waals surface area contributed by atoms with Crippen molar-refractivity contribution in [1.29, 1.82) is 0 Å². The van der Waals surface area contributed by atoms with Crippen LogP contribution < -0.4 is 0 Å². The first-order valence-corrected chi connectivity index (χ1v) is 4.87. The summed E-state index contributed by atoms with van der Waals surface area (Å²) in [5, 5.41) is 0. The van der Waals surface area contributed by atoms with Gasteiger partial charge in [0.25, 0.3) is 0 Å². The Balaban J connectivity index is 4.09. The predicted octanol–water partition coefficient (Wildman–Crippen LogP) is 0.708. The molecule has 0 radical (unpaired) electrons. The summed E-state index contributed by atoms with van der Waals surface area (Å²) in [5.41, 5.74) is 0. The molecule has 0 aliphatic carbocycles. The van der Waals surface area contributed by atoms with Crippen LogP contribution in [0.3, 0.4) is 0 Å². The van der Waals surface area contributed by atoms with E-state index in [0.717, 1.165) is 0 Å². The van der Waals surface area contributed by atoms with Crippen LogP contribution in [0.25, 0.3) is 0 Å². The zero-order chi connectivity index (χ0) is 11.8. The number of hydrogen-bond donors (Lipinski definition) is 0. The summed E-state index contributed by atoms with van der Waals surface area (Å²) in [6.07, 6.45) is -0.381. The molecule has 0 amide bonds. The number of carbonyl (C=O) groups excluding carboxylic acids is 3. The van der Waals surface area contributed by atoms with E-state index in [4.69, 9.17) is 0 Å². The van der Waals surface area contributed by atoms with Crippen molar-refractivity contribution in [2.24, 2.45) is 5.92 Å². The molecule has 0 N–H and O–H groups in total. The highest BCUT2D eigenvalue weighted by molar-refractivity contribution is 6.05. The Labute approximate surface area is 88.7 Å². The standard InChI is InChI=1S/C10H16O5/c1-4-14-9(12)6-8(11)7(3)10(13)15-5-2/h7H,4-6H2,1-3H3/t7-/m0/s1. The maximum Gasteiger partial charge on any atom is 0.316 e. The predicted molar refractivity (Wildman–Crippen MR) is 52.1 cm³/mol. The third kappa shape index (κ3) is 5.15. The fourth-order valence-electron chi connectivity index (χ4n) is 0.906. The number of ketones is 1. The molecule has 0 unspecified atom stereocenters. The molecule has 0 aromatic heterocycles. The summed E-state index contributed by atoms with van der Waals surface area (Å²) >= 11 is 0. The third-order valence-electron chi connectivity index (χ3n) is 1.75. The Hall–Kier alpha value is -1.39. The first kappa shape index (κ1) is 13.6. The minimum atomic E-state index is -0.908.